The number of benzene rings is 1. The van der Waals surface area contributed by atoms with Gasteiger partial charge in [-0.3, -0.25) is 0 Å². The zero-order valence-electron chi connectivity index (χ0n) is 9.47. The first kappa shape index (κ1) is 12.2. The van der Waals surface area contributed by atoms with Crippen molar-refractivity contribution in [3.8, 4) is 0 Å². The summed E-state index contributed by atoms with van der Waals surface area (Å²) in [6, 6.07) is 9.09. The highest BCUT2D eigenvalue weighted by molar-refractivity contribution is 5.81. The first-order chi connectivity index (χ1) is 7.74. The number of nitrogens with zero attached hydrogens (tertiary/aromatic N) is 2. The van der Waals surface area contributed by atoms with E-state index < -0.39 is 6.03 Å². The second-order valence-corrected chi connectivity index (χ2v) is 3.47. The molecule has 2 amide bonds. The fraction of sp³-hybridized carbons (Fsp3) is 0.333. The number of urea groups is 1. The molecule has 0 saturated carbocycles. The predicted octanol–water partition coefficient (Wildman–Crippen LogP) is 2.20. The highest BCUT2D eigenvalue weighted by atomic mass is 16.2. The van der Waals surface area contributed by atoms with E-state index in [2.05, 4.69) is 12.0 Å². The van der Waals surface area contributed by atoms with Crippen molar-refractivity contribution >= 4 is 12.2 Å². The monoisotopic (exact) mass is 219 g/mol. The van der Waals surface area contributed by atoms with Crippen molar-refractivity contribution in [1.82, 2.24) is 5.01 Å². The highest BCUT2D eigenvalue weighted by Gasteiger charge is 2.05. The maximum atomic E-state index is 11.1. The molecule has 0 saturated heterocycles. The van der Waals surface area contributed by atoms with E-state index in [1.165, 1.54) is 5.01 Å². The Morgan fingerprint density at radius 3 is 2.69 bits per heavy atom. The largest absolute Gasteiger partial charge is 0.350 e. The van der Waals surface area contributed by atoms with Crippen molar-refractivity contribution < 1.29 is 4.79 Å². The van der Waals surface area contributed by atoms with Crippen LogP contribution in [0.5, 0.6) is 0 Å². The Bertz CT molecular complexity index is 349. The summed E-state index contributed by atoms with van der Waals surface area (Å²) in [5.41, 5.74) is 6.16. The molecular formula is C12H17N3O. The fourth-order valence-electron chi connectivity index (χ4n) is 1.21. The Kier molecular flexibility index (Phi) is 5.05. The molecule has 0 radical (unpaired) electrons. The Morgan fingerprint density at radius 1 is 1.44 bits per heavy atom. The van der Waals surface area contributed by atoms with Crippen LogP contribution in [0.15, 0.2) is 35.4 Å². The van der Waals surface area contributed by atoms with Crippen LogP contribution < -0.4 is 5.73 Å². The summed E-state index contributed by atoms with van der Waals surface area (Å²) in [5, 5.41) is 5.35. The molecule has 0 bridgehead atoms. The second-order valence-electron chi connectivity index (χ2n) is 3.47. The van der Waals surface area contributed by atoms with Crippen LogP contribution >= 0.6 is 0 Å². The maximum absolute atomic E-state index is 11.1. The molecule has 0 fully saturated rings. The van der Waals surface area contributed by atoms with E-state index in [0.29, 0.717) is 6.54 Å². The SMILES string of the molecule is CCCCN(N=Cc1ccccc1)C(N)=O. The summed E-state index contributed by atoms with van der Waals surface area (Å²) in [7, 11) is 0. The van der Waals surface area contributed by atoms with Gasteiger partial charge in [0.2, 0.25) is 0 Å². The molecule has 0 atom stereocenters. The van der Waals surface area contributed by atoms with Gasteiger partial charge in [-0.15, -0.1) is 0 Å². The number of hydrogen-bond donors (Lipinski definition) is 1. The number of carbonyl (C=O) groups excluding carboxylic acids is 1. The van der Waals surface area contributed by atoms with E-state index in [4.69, 9.17) is 5.73 Å². The summed E-state index contributed by atoms with van der Waals surface area (Å²) in [6.07, 6.45) is 3.54. The molecule has 2 N–H and O–H groups in total. The maximum Gasteiger partial charge on any atom is 0.335 e. The molecule has 1 aromatic carbocycles. The van der Waals surface area contributed by atoms with E-state index in [1.54, 1.807) is 6.21 Å². The van der Waals surface area contributed by atoms with Gasteiger partial charge in [-0.1, -0.05) is 43.7 Å². The number of nitrogens with two attached hydrogens (primary N) is 1. The van der Waals surface area contributed by atoms with Crippen molar-refractivity contribution in [2.24, 2.45) is 10.8 Å². The Morgan fingerprint density at radius 2 is 2.12 bits per heavy atom. The zero-order valence-corrected chi connectivity index (χ0v) is 9.47. The van der Waals surface area contributed by atoms with Crippen LogP contribution in [-0.4, -0.2) is 23.8 Å². The number of primary amides is 1. The van der Waals surface area contributed by atoms with E-state index in [1.807, 2.05) is 30.3 Å². The molecule has 86 valence electrons. The normalized spacial score (nSPS) is 10.6. The van der Waals surface area contributed by atoms with Gasteiger partial charge in [0.05, 0.1) is 6.21 Å². The Labute approximate surface area is 95.7 Å². The summed E-state index contributed by atoms with van der Waals surface area (Å²) >= 11 is 0. The van der Waals surface area contributed by atoms with Crippen molar-refractivity contribution in [2.45, 2.75) is 19.8 Å². The molecule has 0 aliphatic rings. The van der Waals surface area contributed by atoms with Gasteiger partial charge >= 0.3 is 6.03 Å². The number of carbonyl (C=O) groups is 1. The molecule has 0 aromatic heterocycles. The fourth-order valence-corrected chi connectivity index (χ4v) is 1.21. The topological polar surface area (TPSA) is 58.7 Å². The average molecular weight is 219 g/mol. The molecule has 1 aromatic rings. The van der Waals surface area contributed by atoms with Gasteiger partial charge in [0.1, 0.15) is 0 Å². The molecule has 0 aliphatic heterocycles. The number of amides is 2. The zero-order chi connectivity index (χ0) is 11.8. The van der Waals surface area contributed by atoms with Gasteiger partial charge in [0, 0.05) is 6.54 Å². The van der Waals surface area contributed by atoms with E-state index >= 15 is 0 Å². The minimum absolute atomic E-state index is 0.513. The van der Waals surface area contributed by atoms with Gasteiger partial charge in [-0.25, -0.2) is 9.80 Å². The number of rotatable bonds is 5. The van der Waals surface area contributed by atoms with Crippen molar-refractivity contribution in [3.63, 3.8) is 0 Å². The molecule has 16 heavy (non-hydrogen) atoms. The van der Waals surface area contributed by atoms with Crippen LogP contribution in [0.25, 0.3) is 0 Å². The molecule has 0 unspecified atom stereocenters. The summed E-state index contributed by atoms with van der Waals surface area (Å²) in [6.45, 7) is 2.62. The van der Waals surface area contributed by atoms with Crippen molar-refractivity contribution in [2.75, 3.05) is 6.54 Å². The predicted molar refractivity (Wildman–Crippen MR) is 65.2 cm³/mol. The third-order valence-corrected chi connectivity index (χ3v) is 2.12. The minimum atomic E-state index is -0.513. The smallest absolute Gasteiger partial charge is 0.335 e. The molecule has 0 heterocycles. The number of hydrazone groups is 1. The molecule has 0 aliphatic carbocycles. The van der Waals surface area contributed by atoms with Crippen LogP contribution in [0, 0.1) is 0 Å². The quantitative estimate of drug-likeness (QED) is 0.599. The lowest BCUT2D eigenvalue weighted by atomic mass is 10.2. The Hall–Kier alpha value is -1.84. The third kappa shape index (κ3) is 4.13. The third-order valence-electron chi connectivity index (χ3n) is 2.12. The van der Waals surface area contributed by atoms with Gasteiger partial charge in [0.25, 0.3) is 0 Å². The van der Waals surface area contributed by atoms with Gasteiger partial charge in [-0.2, -0.15) is 5.10 Å². The van der Waals surface area contributed by atoms with Gasteiger partial charge < -0.3 is 5.73 Å². The first-order valence-corrected chi connectivity index (χ1v) is 5.40. The highest BCUT2D eigenvalue weighted by Crippen LogP contribution is 1.98. The van der Waals surface area contributed by atoms with Crippen LogP contribution in [-0.2, 0) is 0 Å². The van der Waals surface area contributed by atoms with Crippen molar-refractivity contribution in [1.29, 1.82) is 0 Å². The summed E-state index contributed by atoms with van der Waals surface area (Å²) in [4.78, 5) is 11.1. The minimum Gasteiger partial charge on any atom is -0.350 e. The standard InChI is InChI=1S/C12H17N3O/c1-2-3-9-15(12(13)16)14-10-11-7-5-4-6-8-11/h4-8,10H,2-3,9H2,1H3,(H2,13,16). The molecule has 4 nitrogen and oxygen atoms in total. The lowest BCUT2D eigenvalue weighted by Crippen LogP contribution is -2.32. The van der Waals surface area contributed by atoms with Crippen LogP contribution in [0.1, 0.15) is 25.3 Å². The summed E-state index contributed by atoms with van der Waals surface area (Å²) < 4.78 is 0. The number of unbranched alkanes of at least 4 members (excludes halogenated alkanes) is 1. The van der Waals surface area contributed by atoms with Gasteiger partial charge in [0.15, 0.2) is 0 Å². The summed E-state index contributed by atoms with van der Waals surface area (Å²) in [5.74, 6) is 0. The molecular weight excluding hydrogens is 202 g/mol. The van der Waals surface area contributed by atoms with Crippen molar-refractivity contribution in [3.05, 3.63) is 35.9 Å². The van der Waals surface area contributed by atoms with E-state index in [-0.39, 0.29) is 0 Å². The lowest BCUT2D eigenvalue weighted by Gasteiger charge is -2.13. The van der Waals surface area contributed by atoms with Gasteiger partial charge in [-0.05, 0) is 12.0 Å². The molecule has 0 spiro atoms. The molecule has 1 rings (SSSR count). The van der Waals surface area contributed by atoms with Crippen LogP contribution in [0.4, 0.5) is 4.79 Å². The van der Waals surface area contributed by atoms with E-state index in [0.717, 1.165) is 18.4 Å². The molecule has 4 heteroatoms. The van der Waals surface area contributed by atoms with Crippen LogP contribution in [0.2, 0.25) is 0 Å². The Balaban J connectivity index is 2.61. The first-order valence-electron chi connectivity index (χ1n) is 5.40. The average Bonchev–Trinajstić information content (AvgIpc) is 2.30. The lowest BCUT2D eigenvalue weighted by molar-refractivity contribution is 0.209. The van der Waals surface area contributed by atoms with E-state index in [9.17, 15) is 4.79 Å². The van der Waals surface area contributed by atoms with Crippen LogP contribution in [0.3, 0.4) is 0 Å². The second kappa shape index (κ2) is 6.61. The number of hydrogen-bond acceptors (Lipinski definition) is 2.